The molecule has 1 aromatic rings. The van der Waals surface area contributed by atoms with E-state index in [0.29, 0.717) is 10.2 Å². The monoisotopic (exact) mass is 361 g/mol. The molecule has 116 valence electrons. The number of esters is 1. The van der Waals surface area contributed by atoms with Gasteiger partial charge in [0.2, 0.25) is 0 Å². The van der Waals surface area contributed by atoms with Crippen molar-refractivity contribution in [3.05, 3.63) is 22.2 Å². The number of benzene rings is 1. The van der Waals surface area contributed by atoms with Crippen LogP contribution in [0.25, 0.3) is 0 Å². The lowest BCUT2D eigenvalue weighted by Crippen LogP contribution is -2.44. The molecule has 0 aliphatic rings. The fourth-order valence-corrected chi connectivity index (χ4v) is 2.22. The van der Waals surface area contributed by atoms with E-state index in [1.807, 2.05) is 0 Å². The molecular formula is C13H16BrNO6. The van der Waals surface area contributed by atoms with Gasteiger partial charge in [-0.2, -0.15) is 0 Å². The quantitative estimate of drug-likeness (QED) is 0.725. The molecule has 0 aromatic heterocycles. The van der Waals surface area contributed by atoms with E-state index in [2.05, 4.69) is 26.0 Å². The summed E-state index contributed by atoms with van der Waals surface area (Å²) in [6, 6.07) is 1.95. The van der Waals surface area contributed by atoms with Crippen LogP contribution in [0, 0.1) is 0 Å². The van der Waals surface area contributed by atoms with Crippen molar-refractivity contribution in [3.8, 4) is 11.5 Å². The Labute approximate surface area is 130 Å². The minimum atomic E-state index is -1.16. The molecule has 0 fully saturated rings. The predicted molar refractivity (Wildman–Crippen MR) is 77.6 cm³/mol. The van der Waals surface area contributed by atoms with Crippen LogP contribution in [0.1, 0.15) is 10.4 Å². The highest BCUT2D eigenvalue weighted by Crippen LogP contribution is 2.33. The van der Waals surface area contributed by atoms with Crippen LogP contribution in [-0.2, 0) is 9.53 Å². The van der Waals surface area contributed by atoms with Crippen LogP contribution in [0.15, 0.2) is 16.6 Å². The standard InChI is InChI=1S/C13H16BrNO6/c1-19-7-4-8(11(20-2)9(14)5-7)12(17)15-10(6-16)13(18)21-3/h4-5,10,16H,6H2,1-3H3,(H,15,17). The Kier molecular flexibility index (Phi) is 6.44. The van der Waals surface area contributed by atoms with Gasteiger partial charge >= 0.3 is 5.97 Å². The summed E-state index contributed by atoms with van der Waals surface area (Å²) in [6.45, 7) is -0.578. The van der Waals surface area contributed by atoms with Gasteiger partial charge in [-0.05, 0) is 28.1 Å². The van der Waals surface area contributed by atoms with Gasteiger partial charge in [-0.1, -0.05) is 0 Å². The van der Waals surface area contributed by atoms with E-state index >= 15 is 0 Å². The first-order valence-electron chi connectivity index (χ1n) is 5.89. The van der Waals surface area contributed by atoms with Crippen LogP contribution in [0.5, 0.6) is 11.5 Å². The predicted octanol–water partition coefficient (Wildman–Crippen LogP) is 0.730. The van der Waals surface area contributed by atoms with Crippen molar-refractivity contribution < 1.29 is 28.9 Å². The van der Waals surface area contributed by atoms with Gasteiger partial charge in [-0.15, -0.1) is 0 Å². The van der Waals surface area contributed by atoms with Crippen LogP contribution in [0.2, 0.25) is 0 Å². The zero-order valence-corrected chi connectivity index (χ0v) is 13.4. The maximum absolute atomic E-state index is 12.2. The smallest absolute Gasteiger partial charge is 0.330 e. The van der Waals surface area contributed by atoms with Gasteiger partial charge in [-0.25, -0.2) is 4.79 Å². The average Bonchev–Trinajstić information content (AvgIpc) is 2.50. The number of halogens is 1. The van der Waals surface area contributed by atoms with Crippen LogP contribution >= 0.6 is 15.9 Å². The fraction of sp³-hybridized carbons (Fsp3) is 0.385. The molecule has 7 nitrogen and oxygen atoms in total. The van der Waals surface area contributed by atoms with Gasteiger partial charge in [0.15, 0.2) is 6.04 Å². The second-order valence-corrected chi connectivity index (χ2v) is 4.78. The molecule has 0 spiro atoms. The van der Waals surface area contributed by atoms with Gasteiger partial charge in [-0.3, -0.25) is 4.79 Å². The van der Waals surface area contributed by atoms with Crippen LogP contribution in [0.3, 0.4) is 0 Å². The van der Waals surface area contributed by atoms with E-state index in [4.69, 9.17) is 14.6 Å². The number of carbonyl (C=O) groups is 2. The van der Waals surface area contributed by atoms with Crippen molar-refractivity contribution >= 4 is 27.8 Å². The molecule has 0 heterocycles. The Morgan fingerprint density at radius 1 is 1.29 bits per heavy atom. The van der Waals surface area contributed by atoms with E-state index in [-0.39, 0.29) is 11.3 Å². The zero-order chi connectivity index (χ0) is 16.0. The number of aliphatic hydroxyl groups excluding tert-OH is 1. The number of ether oxygens (including phenoxy) is 3. The third kappa shape index (κ3) is 4.08. The highest BCUT2D eigenvalue weighted by molar-refractivity contribution is 9.10. The van der Waals surface area contributed by atoms with E-state index < -0.39 is 24.5 Å². The summed E-state index contributed by atoms with van der Waals surface area (Å²) in [4.78, 5) is 23.6. The second kappa shape index (κ2) is 7.84. The molecule has 1 rings (SSSR count). The lowest BCUT2D eigenvalue weighted by molar-refractivity contribution is -0.143. The number of aliphatic hydroxyl groups is 1. The van der Waals surface area contributed by atoms with Crippen molar-refractivity contribution in [3.63, 3.8) is 0 Å². The first kappa shape index (κ1) is 17.3. The summed E-state index contributed by atoms with van der Waals surface area (Å²) in [7, 11) is 4.04. The lowest BCUT2D eigenvalue weighted by atomic mass is 10.1. The number of carbonyl (C=O) groups excluding carboxylic acids is 2. The summed E-state index contributed by atoms with van der Waals surface area (Å²) >= 11 is 3.27. The summed E-state index contributed by atoms with van der Waals surface area (Å²) < 4.78 is 15.2. The summed E-state index contributed by atoms with van der Waals surface area (Å²) in [5.41, 5.74) is 0.158. The Bertz CT molecular complexity index is 534. The normalized spacial score (nSPS) is 11.5. The molecule has 0 radical (unpaired) electrons. The van der Waals surface area contributed by atoms with E-state index in [9.17, 15) is 9.59 Å². The van der Waals surface area contributed by atoms with Gasteiger partial charge in [0, 0.05) is 0 Å². The highest BCUT2D eigenvalue weighted by Gasteiger charge is 2.24. The number of amides is 1. The van der Waals surface area contributed by atoms with Gasteiger partial charge in [0.1, 0.15) is 11.5 Å². The number of methoxy groups -OCH3 is 3. The third-order valence-electron chi connectivity index (χ3n) is 2.68. The van der Waals surface area contributed by atoms with Crippen molar-refractivity contribution in [1.82, 2.24) is 5.32 Å². The Morgan fingerprint density at radius 3 is 2.43 bits per heavy atom. The Balaban J connectivity index is 3.11. The number of hydrogen-bond donors (Lipinski definition) is 2. The molecule has 1 amide bonds. The first-order chi connectivity index (χ1) is 9.98. The molecule has 2 N–H and O–H groups in total. The Morgan fingerprint density at radius 2 is 1.95 bits per heavy atom. The molecule has 1 aromatic carbocycles. The molecule has 0 saturated carbocycles. The molecule has 21 heavy (non-hydrogen) atoms. The molecule has 8 heteroatoms. The SMILES string of the molecule is COC(=O)C(CO)NC(=O)c1cc(OC)cc(Br)c1OC. The molecule has 0 aliphatic carbocycles. The zero-order valence-electron chi connectivity index (χ0n) is 11.8. The fourth-order valence-electron chi connectivity index (χ4n) is 1.62. The van der Waals surface area contributed by atoms with Crippen molar-refractivity contribution in [1.29, 1.82) is 0 Å². The molecular weight excluding hydrogens is 346 g/mol. The van der Waals surface area contributed by atoms with Crippen LogP contribution in [0.4, 0.5) is 0 Å². The highest BCUT2D eigenvalue weighted by atomic mass is 79.9. The van der Waals surface area contributed by atoms with Gasteiger partial charge in [0.05, 0.1) is 38.0 Å². The van der Waals surface area contributed by atoms with Crippen LogP contribution in [-0.4, -0.2) is 51.0 Å². The molecule has 0 bridgehead atoms. The van der Waals surface area contributed by atoms with E-state index in [0.717, 1.165) is 0 Å². The summed E-state index contributed by atoms with van der Waals surface area (Å²) in [6.07, 6.45) is 0. The molecule has 1 unspecified atom stereocenters. The topological polar surface area (TPSA) is 94.1 Å². The number of rotatable bonds is 6. The Hall–Kier alpha value is -1.80. The summed E-state index contributed by atoms with van der Waals surface area (Å²) in [5.74, 6) is -0.621. The molecule has 0 aliphatic heterocycles. The number of hydrogen-bond acceptors (Lipinski definition) is 6. The van der Waals surface area contributed by atoms with E-state index in [1.165, 1.54) is 27.4 Å². The maximum atomic E-state index is 12.2. The summed E-state index contributed by atoms with van der Waals surface area (Å²) in [5, 5.41) is 11.5. The maximum Gasteiger partial charge on any atom is 0.330 e. The van der Waals surface area contributed by atoms with E-state index in [1.54, 1.807) is 6.07 Å². The minimum Gasteiger partial charge on any atom is -0.497 e. The van der Waals surface area contributed by atoms with Crippen molar-refractivity contribution in [2.75, 3.05) is 27.9 Å². The van der Waals surface area contributed by atoms with Crippen molar-refractivity contribution in [2.24, 2.45) is 0 Å². The first-order valence-corrected chi connectivity index (χ1v) is 6.68. The van der Waals surface area contributed by atoms with Gasteiger partial charge < -0.3 is 24.6 Å². The van der Waals surface area contributed by atoms with Crippen molar-refractivity contribution in [2.45, 2.75) is 6.04 Å². The minimum absolute atomic E-state index is 0.158. The van der Waals surface area contributed by atoms with Crippen LogP contribution < -0.4 is 14.8 Å². The lowest BCUT2D eigenvalue weighted by Gasteiger charge is -2.16. The average molecular weight is 362 g/mol. The largest absolute Gasteiger partial charge is 0.497 e. The molecule has 1 atom stereocenters. The molecule has 0 saturated heterocycles. The number of nitrogens with one attached hydrogen (secondary N) is 1. The third-order valence-corrected chi connectivity index (χ3v) is 3.26. The van der Waals surface area contributed by atoms with Gasteiger partial charge in [0.25, 0.3) is 5.91 Å². The second-order valence-electron chi connectivity index (χ2n) is 3.92.